The summed E-state index contributed by atoms with van der Waals surface area (Å²) in [7, 11) is 4.92. The van der Waals surface area contributed by atoms with Crippen molar-refractivity contribution in [3.63, 3.8) is 0 Å². The third-order valence-corrected chi connectivity index (χ3v) is 6.25. The predicted octanol–water partition coefficient (Wildman–Crippen LogP) is 6.20. The number of aryl methyl sites for hydroxylation is 1. The summed E-state index contributed by atoms with van der Waals surface area (Å²) < 4.78 is 22.3. The number of rotatable bonds is 9. The number of carbonyl (C=O) groups is 1. The van der Waals surface area contributed by atoms with Gasteiger partial charge in [0, 0.05) is 34.7 Å². The molecule has 0 saturated heterocycles. The minimum atomic E-state index is -0.157. The summed E-state index contributed by atoms with van der Waals surface area (Å²) in [6.07, 6.45) is 4.07. The highest BCUT2D eigenvalue weighted by atomic mass is 16.5. The second-order valence-corrected chi connectivity index (χ2v) is 8.56. The molecular formula is C30H31NO5. The van der Waals surface area contributed by atoms with E-state index in [0.29, 0.717) is 18.7 Å². The van der Waals surface area contributed by atoms with Crippen molar-refractivity contribution < 1.29 is 23.4 Å². The number of hydrogen-bond acceptors (Lipinski definition) is 5. The van der Waals surface area contributed by atoms with Crippen LogP contribution in [0.5, 0.6) is 17.2 Å². The maximum absolute atomic E-state index is 12.7. The highest BCUT2D eigenvalue weighted by Crippen LogP contribution is 2.41. The van der Waals surface area contributed by atoms with Crippen LogP contribution in [-0.4, -0.2) is 33.8 Å². The van der Waals surface area contributed by atoms with E-state index in [-0.39, 0.29) is 5.91 Å². The first-order chi connectivity index (χ1) is 17.4. The van der Waals surface area contributed by atoms with Crippen molar-refractivity contribution in [2.45, 2.75) is 20.3 Å². The SMILES string of the molecule is COc1cccc(CCNC(=O)/C=C(\C)c2cc3c(-c4cccc(OC)c4)coc3c(C)c2OC)c1. The van der Waals surface area contributed by atoms with E-state index in [2.05, 4.69) is 5.32 Å². The van der Waals surface area contributed by atoms with Gasteiger partial charge in [-0.3, -0.25) is 4.79 Å². The summed E-state index contributed by atoms with van der Waals surface area (Å²) in [5.41, 5.74) is 6.31. The Morgan fingerprint density at radius 1 is 0.972 bits per heavy atom. The van der Waals surface area contributed by atoms with Crippen LogP contribution < -0.4 is 19.5 Å². The van der Waals surface area contributed by atoms with E-state index in [1.807, 2.05) is 68.4 Å². The van der Waals surface area contributed by atoms with E-state index in [0.717, 1.165) is 55.9 Å². The average Bonchev–Trinajstić information content (AvgIpc) is 3.33. The van der Waals surface area contributed by atoms with Crippen LogP contribution in [0.15, 0.2) is 71.4 Å². The van der Waals surface area contributed by atoms with Gasteiger partial charge in [-0.05, 0) is 67.3 Å². The Balaban J connectivity index is 1.60. The number of nitrogens with one attached hydrogen (secondary N) is 1. The van der Waals surface area contributed by atoms with Crippen molar-refractivity contribution >= 4 is 22.4 Å². The number of allylic oxidation sites excluding steroid dienone is 1. The quantitative estimate of drug-likeness (QED) is 0.286. The molecule has 0 aliphatic rings. The molecule has 0 saturated carbocycles. The van der Waals surface area contributed by atoms with Crippen molar-refractivity contribution in [2.24, 2.45) is 0 Å². The molecule has 0 unspecified atom stereocenters. The number of fused-ring (bicyclic) bond motifs is 1. The summed E-state index contributed by atoms with van der Waals surface area (Å²) in [5.74, 6) is 2.11. The van der Waals surface area contributed by atoms with Crippen molar-refractivity contribution in [1.82, 2.24) is 5.32 Å². The molecule has 6 nitrogen and oxygen atoms in total. The summed E-state index contributed by atoms with van der Waals surface area (Å²) in [5, 5.41) is 3.92. The van der Waals surface area contributed by atoms with Crippen molar-refractivity contribution in [2.75, 3.05) is 27.9 Å². The maximum Gasteiger partial charge on any atom is 0.244 e. The molecule has 6 heteroatoms. The molecule has 3 aromatic carbocycles. The second kappa shape index (κ2) is 11.0. The van der Waals surface area contributed by atoms with Gasteiger partial charge in [0.05, 0.1) is 27.6 Å². The van der Waals surface area contributed by atoms with E-state index in [1.165, 1.54) is 0 Å². The van der Waals surface area contributed by atoms with Gasteiger partial charge in [-0.1, -0.05) is 24.3 Å². The molecule has 1 heterocycles. The third kappa shape index (κ3) is 5.23. The van der Waals surface area contributed by atoms with E-state index < -0.39 is 0 Å². The van der Waals surface area contributed by atoms with E-state index >= 15 is 0 Å². The number of methoxy groups -OCH3 is 3. The number of carbonyl (C=O) groups excluding carboxylic acids is 1. The molecule has 0 bridgehead atoms. The Morgan fingerprint density at radius 3 is 2.42 bits per heavy atom. The fourth-order valence-corrected chi connectivity index (χ4v) is 4.37. The predicted molar refractivity (Wildman–Crippen MR) is 143 cm³/mol. The molecule has 0 atom stereocenters. The zero-order valence-electron chi connectivity index (χ0n) is 21.3. The largest absolute Gasteiger partial charge is 0.497 e. The van der Waals surface area contributed by atoms with Gasteiger partial charge in [0.2, 0.25) is 5.91 Å². The molecule has 1 amide bonds. The van der Waals surface area contributed by atoms with Gasteiger partial charge < -0.3 is 23.9 Å². The van der Waals surface area contributed by atoms with E-state index in [4.69, 9.17) is 18.6 Å². The molecule has 186 valence electrons. The van der Waals surface area contributed by atoms with Crippen LogP contribution in [0, 0.1) is 6.92 Å². The summed E-state index contributed by atoms with van der Waals surface area (Å²) >= 11 is 0. The zero-order chi connectivity index (χ0) is 25.7. The fourth-order valence-electron chi connectivity index (χ4n) is 4.37. The first kappa shape index (κ1) is 24.9. The number of amides is 1. The van der Waals surface area contributed by atoms with Gasteiger partial charge in [0.1, 0.15) is 22.8 Å². The Bertz CT molecular complexity index is 1420. The monoisotopic (exact) mass is 485 g/mol. The lowest BCUT2D eigenvalue weighted by Crippen LogP contribution is -2.23. The molecule has 36 heavy (non-hydrogen) atoms. The molecule has 0 aliphatic carbocycles. The topological polar surface area (TPSA) is 69.9 Å². The van der Waals surface area contributed by atoms with Crippen molar-refractivity contribution in [1.29, 1.82) is 0 Å². The molecular weight excluding hydrogens is 454 g/mol. The minimum absolute atomic E-state index is 0.157. The van der Waals surface area contributed by atoms with Crippen LogP contribution in [0.2, 0.25) is 0 Å². The summed E-state index contributed by atoms with van der Waals surface area (Å²) in [6, 6.07) is 17.7. The lowest BCUT2D eigenvalue weighted by Gasteiger charge is -2.13. The molecule has 0 fully saturated rings. The maximum atomic E-state index is 12.7. The molecule has 1 N–H and O–H groups in total. The lowest BCUT2D eigenvalue weighted by molar-refractivity contribution is -0.116. The van der Waals surface area contributed by atoms with Gasteiger partial charge in [-0.15, -0.1) is 0 Å². The van der Waals surface area contributed by atoms with Crippen molar-refractivity contribution in [3.8, 4) is 28.4 Å². The van der Waals surface area contributed by atoms with Crippen molar-refractivity contribution in [3.05, 3.63) is 83.6 Å². The molecule has 0 radical (unpaired) electrons. The van der Waals surface area contributed by atoms with Crippen LogP contribution in [0.4, 0.5) is 0 Å². The van der Waals surface area contributed by atoms with Crippen LogP contribution in [-0.2, 0) is 11.2 Å². The third-order valence-electron chi connectivity index (χ3n) is 6.25. The van der Waals surface area contributed by atoms with Gasteiger partial charge in [0.15, 0.2) is 0 Å². The Hall–Kier alpha value is -4.19. The number of ether oxygens (including phenoxy) is 3. The van der Waals surface area contributed by atoms with Gasteiger partial charge in [0.25, 0.3) is 0 Å². The molecule has 4 aromatic rings. The average molecular weight is 486 g/mol. The fraction of sp³-hybridized carbons (Fsp3) is 0.233. The standard InChI is InChI=1S/C30H31NO5/c1-19(14-28(32)31-13-12-21-8-6-10-23(15-21)33-3)25-17-26-27(22-9-7-11-24(16-22)34-4)18-36-30(26)20(2)29(25)35-5/h6-11,14-18H,12-13H2,1-5H3,(H,31,32)/b19-14+. The highest BCUT2D eigenvalue weighted by molar-refractivity contribution is 6.01. The van der Waals surface area contributed by atoms with Gasteiger partial charge >= 0.3 is 0 Å². The Labute approximate surface area is 211 Å². The Morgan fingerprint density at radius 2 is 1.69 bits per heavy atom. The summed E-state index contributed by atoms with van der Waals surface area (Å²) in [6.45, 7) is 4.40. The molecule has 0 spiro atoms. The van der Waals surface area contributed by atoms with Crippen LogP contribution in [0.25, 0.3) is 27.7 Å². The number of furan rings is 1. The number of benzene rings is 3. The Kier molecular flexibility index (Phi) is 7.64. The number of hydrogen-bond donors (Lipinski definition) is 1. The first-order valence-corrected chi connectivity index (χ1v) is 11.8. The second-order valence-electron chi connectivity index (χ2n) is 8.56. The normalized spacial score (nSPS) is 11.4. The van der Waals surface area contributed by atoms with Crippen LogP contribution >= 0.6 is 0 Å². The minimum Gasteiger partial charge on any atom is -0.497 e. The van der Waals surface area contributed by atoms with Gasteiger partial charge in [-0.2, -0.15) is 0 Å². The van der Waals surface area contributed by atoms with Gasteiger partial charge in [-0.25, -0.2) is 0 Å². The van der Waals surface area contributed by atoms with Crippen LogP contribution in [0.1, 0.15) is 23.6 Å². The highest BCUT2D eigenvalue weighted by Gasteiger charge is 2.19. The smallest absolute Gasteiger partial charge is 0.244 e. The molecule has 4 rings (SSSR count). The first-order valence-electron chi connectivity index (χ1n) is 11.8. The van der Waals surface area contributed by atoms with Crippen LogP contribution in [0.3, 0.4) is 0 Å². The molecule has 0 aliphatic heterocycles. The lowest BCUT2D eigenvalue weighted by atomic mass is 9.96. The zero-order valence-corrected chi connectivity index (χ0v) is 21.3. The molecule has 1 aromatic heterocycles. The van der Waals surface area contributed by atoms with E-state index in [9.17, 15) is 4.79 Å². The van der Waals surface area contributed by atoms with E-state index in [1.54, 1.807) is 33.7 Å². The summed E-state index contributed by atoms with van der Waals surface area (Å²) in [4.78, 5) is 12.7.